The highest BCUT2D eigenvalue weighted by molar-refractivity contribution is 7.99. The average Bonchev–Trinajstić information content (AvgIpc) is 3.22. The summed E-state index contributed by atoms with van der Waals surface area (Å²) in [5, 5.41) is 22.8. The van der Waals surface area contributed by atoms with Crippen LogP contribution < -0.4 is 10.2 Å². The molecule has 0 bridgehead atoms. The van der Waals surface area contributed by atoms with Gasteiger partial charge >= 0.3 is 0 Å². The van der Waals surface area contributed by atoms with Crippen LogP contribution in [-0.4, -0.2) is 44.4 Å². The SMILES string of the molecule is C=CCn1c(SCC(=O)Nc2cccc([N+](=O)[O-])c2)nnc1-c1ccc(N(CC)CC)cc1. The Labute approximate surface area is 196 Å². The van der Waals surface area contributed by atoms with Gasteiger partial charge in [-0.15, -0.1) is 16.8 Å². The summed E-state index contributed by atoms with van der Waals surface area (Å²) in [5.41, 5.74) is 2.36. The van der Waals surface area contributed by atoms with Gasteiger partial charge in [-0.3, -0.25) is 19.5 Å². The van der Waals surface area contributed by atoms with Gasteiger partial charge in [0.25, 0.3) is 5.69 Å². The van der Waals surface area contributed by atoms with Crippen LogP contribution in [0.15, 0.2) is 66.3 Å². The maximum Gasteiger partial charge on any atom is 0.271 e. The van der Waals surface area contributed by atoms with Gasteiger partial charge in [-0.05, 0) is 44.2 Å². The topological polar surface area (TPSA) is 106 Å². The van der Waals surface area contributed by atoms with Crippen LogP contribution >= 0.6 is 11.8 Å². The number of carbonyl (C=O) groups is 1. The number of nitrogens with one attached hydrogen (secondary N) is 1. The molecule has 1 aromatic heterocycles. The van der Waals surface area contributed by atoms with Crippen LogP contribution in [0, 0.1) is 10.1 Å². The van der Waals surface area contributed by atoms with Crippen molar-refractivity contribution in [2.45, 2.75) is 25.5 Å². The highest BCUT2D eigenvalue weighted by Gasteiger charge is 2.16. The summed E-state index contributed by atoms with van der Waals surface area (Å²) in [6, 6.07) is 14.0. The fourth-order valence-electron chi connectivity index (χ4n) is 3.34. The van der Waals surface area contributed by atoms with Gasteiger partial charge in [-0.25, -0.2) is 0 Å². The van der Waals surface area contributed by atoms with Crippen molar-refractivity contribution in [3.8, 4) is 11.4 Å². The number of anilines is 2. The molecule has 2 aromatic carbocycles. The van der Waals surface area contributed by atoms with Crippen molar-refractivity contribution in [2.75, 3.05) is 29.1 Å². The standard InChI is InChI=1S/C23H26N6O3S/c1-4-14-28-22(17-10-12-19(13-11-17)27(5-2)6-3)25-26-23(28)33-16-21(30)24-18-8-7-9-20(15-18)29(31)32/h4,7-13,15H,1,5-6,14,16H2,2-3H3,(H,24,30). The van der Waals surface area contributed by atoms with E-state index < -0.39 is 4.92 Å². The number of nitrogens with zero attached hydrogens (tertiary/aromatic N) is 5. The van der Waals surface area contributed by atoms with Crippen LogP contribution in [0.2, 0.25) is 0 Å². The molecule has 9 nitrogen and oxygen atoms in total. The van der Waals surface area contributed by atoms with E-state index in [1.807, 2.05) is 16.7 Å². The van der Waals surface area contributed by atoms with Crippen LogP contribution in [0.3, 0.4) is 0 Å². The molecule has 0 unspecified atom stereocenters. The van der Waals surface area contributed by atoms with Gasteiger partial charge in [0.2, 0.25) is 5.91 Å². The summed E-state index contributed by atoms with van der Waals surface area (Å²) in [6.07, 6.45) is 1.75. The molecule has 33 heavy (non-hydrogen) atoms. The quantitative estimate of drug-likeness (QED) is 0.190. The number of nitro groups is 1. The van der Waals surface area contributed by atoms with Crippen molar-refractivity contribution in [3.63, 3.8) is 0 Å². The predicted molar refractivity (Wildman–Crippen MR) is 132 cm³/mol. The molecule has 1 amide bonds. The second-order valence-corrected chi connectivity index (χ2v) is 8.01. The molecular weight excluding hydrogens is 440 g/mol. The van der Waals surface area contributed by atoms with E-state index in [4.69, 9.17) is 0 Å². The third kappa shape index (κ3) is 5.98. The fraction of sp³-hybridized carbons (Fsp3) is 0.261. The first-order chi connectivity index (χ1) is 16.0. The number of aromatic nitrogens is 3. The summed E-state index contributed by atoms with van der Waals surface area (Å²) >= 11 is 1.24. The zero-order valence-corrected chi connectivity index (χ0v) is 19.4. The molecule has 3 rings (SSSR count). The maximum atomic E-state index is 12.4. The lowest BCUT2D eigenvalue weighted by molar-refractivity contribution is -0.384. The molecule has 10 heteroatoms. The lowest BCUT2D eigenvalue weighted by Crippen LogP contribution is -2.21. The Balaban J connectivity index is 1.72. The fourth-order valence-corrected chi connectivity index (χ4v) is 4.08. The Morgan fingerprint density at radius 1 is 1.21 bits per heavy atom. The summed E-state index contributed by atoms with van der Waals surface area (Å²) in [7, 11) is 0. The first kappa shape index (κ1) is 24.0. The number of rotatable bonds is 11. The van der Waals surface area contributed by atoms with Crippen LogP contribution in [0.25, 0.3) is 11.4 Å². The summed E-state index contributed by atoms with van der Waals surface area (Å²) in [5.74, 6) is 0.486. The van der Waals surface area contributed by atoms with Crippen molar-refractivity contribution in [2.24, 2.45) is 0 Å². The third-order valence-corrected chi connectivity index (χ3v) is 5.92. The molecule has 172 valence electrons. The van der Waals surface area contributed by atoms with Crippen molar-refractivity contribution in [3.05, 3.63) is 71.3 Å². The van der Waals surface area contributed by atoms with Gasteiger partial charge in [-0.1, -0.05) is 23.9 Å². The molecule has 3 aromatic rings. The third-order valence-electron chi connectivity index (χ3n) is 4.96. The van der Waals surface area contributed by atoms with E-state index in [1.54, 1.807) is 12.1 Å². The van der Waals surface area contributed by atoms with Crippen molar-refractivity contribution in [1.82, 2.24) is 14.8 Å². The Morgan fingerprint density at radius 2 is 1.94 bits per heavy atom. The van der Waals surface area contributed by atoms with Crippen LogP contribution in [-0.2, 0) is 11.3 Å². The lowest BCUT2D eigenvalue weighted by Gasteiger charge is -2.21. The minimum Gasteiger partial charge on any atom is -0.372 e. The highest BCUT2D eigenvalue weighted by atomic mass is 32.2. The molecule has 0 saturated heterocycles. The Hall–Kier alpha value is -3.66. The number of thioether (sulfide) groups is 1. The van der Waals surface area contributed by atoms with E-state index in [0.29, 0.717) is 23.2 Å². The monoisotopic (exact) mass is 466 g/mol. The molecule has 0 atom stereocenters. The largest absolute Gasteiger partial charge is 0.372 e. The summed E-state index contributed by atoms with van der Waals surface area (Å²) in [4.78, 5) is 25.1. The minimum absolute atomic E-state index is 0.0807. The van der Waals surface area contributed by atoms with Gasteiger partial charge in [0.05, 0.1) is 10.7 Å². The van der Waals surface area contributed by atoms with Gasteiger partial charge < -0.3 is 10.2 Å². The number of hydrogen-bond donors (Lipinski definition) is 1. The number of carbonyl (C=O) groups excluding carboxylic acids is 1. The smallest absolute Gasteiger partial charge is 0.271 e. The molecule has 0 fully saturated rings. The molecule has 1 N–H and O–H groups in total. The second kappa shape index (κ2) is 11.3. The molecule has 0 aliphatic heterocycles. The van der Waals surface area contributed by atoms with Gasteiger partial charge in [0.1, 0.15) is 0 Å². The molecule has 1 heterocycles. The van der Waals surface area contributed by atoms with E-state index >= 15 is 0 Å². The Bertz CT molecular complexity index is 1130. The first-order valence-electron chi connectivity index (χ1n) is 10.5. The lowest BCUT2D eigenvalue weighted by atomic mass is 10.2. The average molecular weight is 467 g/mol. The zero-order chi connectivity index (χ0) is 23.8. The van der Waals surface area contributed by atoms with Crippen molar-refractivity contribution in [1.29, 1.82) is 0 Å². The number of hydrogen-bond acceptors (Lipinski definition) is 7. The van der Waals surface area contributed by atoms with Crippen LogP contribution in [0.4, 0.5) is 17.1 Å². The van der Waals surface area contributed by atoms with Gasteiger partial charge in [0, 0.05) is 48.7 Å². The number of amides is 1. The first-order valence-corrected chi connectivity index (χ1v) is 11.5. The molecule has 0 aliphatic rings. The Kier molecular flexibility index (Phi) is 8.20. The zero-order valence-electron chi connectivity index (χ0n) is 18.6. The van der Waals surface area contributed by atoms with E-state index in [-0.39, 0.29) is 17.3 Å². The predicted octanol–water partition coefficient (Wildman–Crippen LogP) is 4.62. The number of allylic oxidation sites excluding steroid dienone is 1. The summed E-state index contributed by atoms with van der Waals surface area (Å²) < 4.78 is 1.91. The number of nitro benzene ring substituents is 1. The van der Waals surface area contributed by atoms with E-state index in [9.17, 15) is 14.9 Å². The summed E-state index contributed by atoms with van der Waals surface area (Å²) in [6.45, 7) is 10.4. The highest BCUT2D eigenvalue weighted by Crippen LogP contribution is 2.26. The minimum atomic E-state index is -0.502. The number of non-ortho nitro benzene ring substituents is 1. The second-order valence-electron chi connectivity index (χ2n) is 7.07. The van der Waals surface area contributed by atoms with E-state index in [0.717, 1.165) is 24.3 Å². The molecule has 0 spiro atoms. The molecular formula is C23H26N6O3S. The van der Waals surface area contributed by atoms with Gasteiger partial charge in [-0.2, -0.15) is 0 Å². The number of benzene rings is 2. The van der Waals surface area contributed by atoms with Crippen molar-refractivity contribution < 1.29 is 9.72 Å². The van der Waals surface area contributed by atoms with Gasteiger partial charge in [0.15, 0.2) is 11.0 Å². The van der Waals surface area contributed by atoms with E-state index in [1.165, 1.54) is 30.0 Å². The Morgan fingerprint density at radius 3 is 2.58 bits per heavy atom. The molecule has 0 radical (unpaired) electrons. The normalized spacial score (nSPS) is 10.6. The maximum absolute atomic E-state index is 12.4. The van der Waals surface area contributed by atoms with Crippen molar-refractivity contribution >= 4 is 34.7 Å². The van der Waals surface area contributed by atoms with E-state index in [2.05, 4.69) is 53.0 Å². The molecule has 0 aliphatic carbocycles. The van der Waals surface area contributed by atoms with Crippen LogP contribution in [0.5, 0.6) is 0 Å². The van der Waals surface area contributed by atoms with Crippen LogP contribution in [0.1, 0.15) is 13.8 Å². The molecule has 0 saturated carbocycles.